The molecule has 1 aliphatic rings. The summed E-state index contributed by atoms with van der Waals surface area (Å²) in [5.74, 6) is -1.96. The molecule has 2 rings (SSSR count). The Hall–Kier alpha value is -2.44. The van der Waals surface area contributed by atoms with Gasteiger partial charge >= 0.3 is 5.97 Å². The lowest BCUT2D eigenvalue weighted by Crippen LogP contribution is -2.39. The number of hydrogen-bond acceptors (Lipinski definition) is 5. The second kappa shape index (κ2) is 7.90. The van der Waals surface area contributed by atoms with E-state index in [1.807, 2.05) is 0 Å². The van der Waals surface area contributed by atoms with Crippen molar-refractivity contribution in [2.45, 2.75) is 39.0 Å². The van der Waals surface area contributed by atoms with Gasteiger partial charge in [0.15, 0.2) is 12.4 Å². The van der Waals surface area contributed by atoms with Gasteiger partial charge in [-0.2, -0.15) is 0 Å². The number of aryl methyl sites for hydroxylation is 1. The van der Waals surface area contributed by atoms with Crippen molar-refractivity contribution >= 4 is 23.6 Å². The van der Waals surface area contributed by atoms with Crippen LogP contribution in [-0.2, 0) is 21.4 Å². The minimum absolute atomic E-state index is 0.135. The maximum absolute atomic E-state index is 12.0. The van der Waals surface area contributed by atoms with Crippen LogP contribution in [0.2, 0.25) is 0 Å². The van der Waals surface area contributed by atoms with E-state index in [1.165, 1.54) is 23.8 Å². The van der Waals surface area contributed by atoms with Gasteiger partial charge < -0.3 is 9.30 Å². The van der Waals surface area contributed by atoms with E-state index in [1.54, 1.807) is 7.05 Å². The summed E-state index contributed by atoms with van der Waals surface area (Å²) in [7, 11) is 1.61. The first-order chi connectivity index (χ1) is 11.4. The molecule has 0 radical (unpaired) electrons. The zero-order valence-corrected chi connectivity index (χ0v) is 14.0. The standard InChI is InChI=1S/C17H22N2O5/c1-11(20)13-8-14(19(2)9-13)17(23)24-10-15(21)18-16(22)12-6-4-3-5-7-12/h8-9,12H,3-7,10H2,1-2H3,(H,18,21,22). The van der Waals surface area contributed by atoms with E-state index in [0.29, 0.717) is 5.56 Å². The van der Waals surface area contributed by atoms with Gasteiger partial charge in [0.05, 0.1) is 0 Å². The molecule has 0 aromatic carbocycles. The van der Waals surface area contributed by atoms with E-state index in [-0.39, 0.29) is 23.3 Å². The van der Waals surface area contributed by atoms with Gasteiger partial charge in [0.25, 0.3) is 5.91 Å². The molecule has 1 aliphatic carbocycles. The van der Waals surface area contributed by atoms with Crippen LogP contribution in [0.15, 0.2) is 12.3 Å². The Morgan fingerprint density at radius 1 is 1.21 bits per heavy atom. The Bertz CT molecular complexity index is 656. The quantitative estimate of drug-likeness (QED) is 0.652. The van der Waals surface area contributed by atoms with Crippen LogP contribution in [0, 0.1) is 5.92 Å². The Balaban J connectivity index is 1.83. The van der Waals surface area contributed by atoms with Crippen LogP contribution in [-0.4, -0.2) is 34.7 Å². The summed E-state index contributed by atoms with van der Waals surface area (Å²) < 4.78 is 6.38. The van der Waals surface area contributed by atoms with E-state index in [0.717, 1.165) is 32.1 Å². The lowest BCUT2D eigenvalue weighted by molar-refractivity contribution is -0.135. The summed E-state index contributed by atoms with van der Waals surface area (Å²) >= 11 is 0. The Kier molecular flexibility index (Phi) is 5.89. The number of rotatable bonds is 5. The van der Waals surface area contributed by atoms with Crippen molar-refractivity contribution in [1.29, 1.82) is 0 Å². The summed E-state index contributed by atoms with van der Waals surface area (Å²) in [5, 5.41) is 2.28. The lowest BCUT2D eigenvalue weighted by Gasteiger charge is -2.20. The third-order valence-electron chi connectivity index (χ3n) is 4.19. The smallest absolute Gasteiger partial charge is 0.355 e. The van der Waals surface area contributed by atoms with Crippen LogP contribution in [0.4, 0.5) is 0 Å². The monoisotopic (exact) mass is 334 g/mol. The second-order valence-corrected chi connectivity index (χ2v) is 6.10. The molecule has 0 spiro atoms. The fourth-order valence-corrected chi connectivity index (χ4v) is 2.81. The predicted octanol–water partition coefficient (Wildman–Crippen LogP) is 1.61. The van der Waals surface area contributed by atoms with Crippen molar-refractivity contribution < 1.29 is 23.9 Å². The molecule has 1 aromatic rings. The first-order valence-electron chi connectivity index (χ1n) is 8.06. The molecular formula is C17H22N2O5. The summed E-state index contributed by atoms with van der Waals surface area (Å²) in [6.45, 7) is 0.868. The number of nitrogens with zero attached hydrogens (tertiary/aromatic N) is 1. The molecule has 0 saturated heterocycles. The predicted molar refractivity (Wildman–Crippen MR) is 85.4 cm³/mol. The minimum atomic E-state index is -0.717. The number of aromatic nitrogens is 1. The molecule has 0 aliphatic heterocycles. The van der Waals surface area contributed by atoms with Crippen LogP contribution >= 0.6 is 0 Å². The highest BCUT2D eigenvalue weighted by Gasteiger charge is 2.23. The van der Waals surface area contributed by atoms with E-state index in [2.05, 4.69) is 5.32 Å². The molecule has 1 fully saturated rings. The fraction of sp³-hybridized carbons (Fsp3) is 0.529. The Morgan fingerprint density at radius 2 is 1.88 bits per heavy atom. The first kappa shape index (κ1) is 17.9. The zero-order chi connectivity index (χ0) is 17.7. The molecule has 0 atom stereocenters. The van der Waals surface area contributed by atoms with Crippen molar-refractivity contribution in [3.05, 3.63) is 23.5 Å². The number of imide groups is 1. The van der Waals surface area contributed by atoms with Gasteiger partial charge in [0.1, 0.15) is 5.69 Å². The van der Waals surface area contributed by atoms with Crippen LogP contribution in [0.3, 0.4) is 0 Å². The Morgan fingerprint density at radius 3 is 2.46 bits per heavy atom. The second-order valence-electron chi connectivity index (χ2n) is 6.10. The number of esters is 1. The lowest BCUT2D eigenvalue weighted by atomic mass is 9.89. The molecule has 1 heterocycles. The van der Waals surface area contributed by atoms with Gasteiger partial charge in [-0.15, -0.1) is 0 Å². The largest absolute Gasteiger partial charge is 0.451 e. The average Bonchev–Trinajstić information content (AvgIpc) is 2.95. The SMILES string of the molecule is CC(=O)c1cc(C(=O)OCC(=O)NC(=O)C2CCCCC2)n(C)c1. The third kappa shape index (κ3) is 4.53. The van der Waals surface area contributed by atoms with Gasteiger partial charge in [-0.05, 0) is 25.8 Å². The molecule has 1 aromatic heterocycles. The van der Waals surface area contributed by atoms with Crippen molar-refractivity contribution in [2.75, 3.05) is 6.61 Å². The zero-order valence-electron chi connectivity index (χ0n) is 14.0. The van der Waals surface area contributed by atoms with E-state index < -0.39 is 18.5 Å². The molecular weight excluding hydrogens is 312 g/mol. The van der Waals surface area contributed by atoms with E-state index >= 15 is 0 Å². The third-order valence-corrected chi connectivity index (χ3v) is 4.19. The molecule has 7 nitrogen and oxygen atoms in total. The first-order valence-corrected chi connectivity index (χ1v) is 8.06. The van der Waals surface area contributed by atoms with Gasteiger partial charge in [0, 0.05) is 24.7 Å². The van der Waals surface area contributed by atoms with Gasteiger partial charge in [-0.25, -0.2) is 4.79 Å². The summed E-state index contributed by atoms with van der Waals surface area (Å²) in [6, 6.07) is 1.41. The molecule has 0 unspecified atom stereocenters. The highest BCUT2D eigenvalue weighted by atomic mass is 16.5. The summed E-state index contributed by atoms with van der Waals surface area (Å²) in [5.41, 5.74) is 0.563. The number of carbonyl (C=O) groups is 4. The topological polar surface area (TPSA) is 94.5 Å². The number of Topliss-reactive ketones (excluding diaryl/α,β-unsaturated/α-hetero) is 1. The molecule has 7 heteroatoms. The number of amides is 2. The summed E-state index contributed by atoms with van der Waals surface area (Å²) in [4.78, 5) is 47.0. The van der Waals surface area contributed by atoms with Gasteiger partial charge in [-0.3, -0.25) is 19.7 Å². The number of carbonyl (C=O) groups excluding carboxylic acids is 4. The molecule has 24 heavy (non-hydrogen) atoms. The van der Waals surface area contributed by atoms with Crippen molar-refractivity contribution in [1.82, 2.24) is 9.88 Å². The van der Waals surface area contributed by atoms with Crippen molar-refractivity contribution in [3.8, 4) is 0 Å². The van der Waals surface area contributed by atoms with Crippen LogP contribution in [0.1, 0.15) is 59.9 Å². The molecule has 0 bridgehead atoms. The van der Waals surface area contributed by atoms with Crippen LogP contribution in [0.5, 0.6) is 0 Å². The highest BCUT2D eigenvalue weighted by molar-refractivity contribution is 5.99. The maximum Gasteiger partial charge on any atom is 0.355 e. The van der Waals surface area contributed by atoms with E-state index in [9.17, 15) is 19.2 Å². The number of hydrogen-bond donors (Lipinski definition) is 1. The highest BCUT2D eigenvalue weighted by Crippen LogP contribution is 2.23. The number of nitrogens with one attached hydrogen (secondary N) is 1. The fourth-order valence-electron chi connectivity index (χ4n) is 2.81. The average molecular weight is 334 g/mol. The van der Waals surface area contributed by atoms with Crippen LogP contribution in [0.25, 0.3) is 0 Å². The van der Waals surface area contributed by atoms with Gasteiger partial charge in [-0.1, -0.05) is 19.3 Å². The van der Waals surface area contributed by atoms with Gasteiger partial charge in [0.2, 0.25) is 5.91 Å². The van der Waals surface area contributed by atoms with E-state index in [4.69, 9.17) is 4.74 Å². The molecule has 1 saturated carbocycles. The molecule has 2 amide bonds. The van der Waals surface area contributed by atoms with Crippen molar-refractivity contribution in [3.63, 3.8) is 0 Å². The molecule has 1 N–H and O–H groups in total. The number of ether oxygens (including phenoxy) is 1. The maximum atomic E-state index is 12.0. The summed E-state index contributed by atoms with van der Waals surface area (Å²) in [6.07, 6.45) is 6.20. The van der Waals surface area contributed by atoms with Crippen LogP contribution < -0.4 is 5.32 Å². The molecule has 130 valence electrons. The number of ketones is 1. The normalized spacial score (nSPS) is 14.9. The Labute approximate surface area is 140 Å². The minimum Gasteiger partial charge on any atom is -0.451 e. The van der Waals surface area contributed by atoms with Crippen molar-refractivity contribution in [2.24, 2.45) is 13.0 Å².